The van der Waals surface area contributed by atoms with Crippen LogP contribution in [0.4, 0.5) is 31.7 Å². The van der Waals surface area contributed by atoms with Gasteiger partial charge in [0.05, 0.1) is 40.2 Å². The predicted molar refractivity (Wildman–Crippen MR) is 222 cm³/mol. The molecule has 1 aromatic heterocycles. The van der Waals surface area contributed by atoms with Crippen LogP contribution in [0.5, 0.6) is 5.75 Å². The van der Waals surface area contributed by atoms with E-state index in [0.29, 0.717) is 52.9 Å². The van der Waals surface area contributed by atoms with Gasteiger partial charge in [-0.15, -0.1) is 0 Å². The highest BCUT2D eigenvalue weighted by atomic mass is 35.5. The number of likely N-dealkylation sites (tertiary alicyclic amines) is 2. The zero-order chi connectivity index (χ0) is 42.5. The Morgan fingerprint density at radius 3 is 2.48 bits per heavy atom. The van der Waals surface area contributed by atoms with Crippen molar-refractivity contribution < 1.29 is 37.5 Å². The van der Waals surface area contributed by atoms with E-state index in [9.17, 15) is 28.4 Å². The number of piperidine rings is 2. The molecule has 4 fully saturated rings. The number of hydrogen-bond acceptors (Lipinski definition) is 12. The molecular formula is C43H42ClF2N9O6. The maximum absolute atomic E-state index is 15.6. The van der Waals surface area contributed by atoms with Gasteiger partial charge < -0.3 is 20.3 Å². The minimum absolute atomic E-state index is 0.0106. The standard InChI is InChI=1S/C43H42ClF2N9O6/c1-61-37-18-33-29(40(48-22-47-33)49-24-4-5-31(45)30(44)13-24)16-34(37)50-38(56)3-2-10-52-11-8-23(9-12-52)19-53-20-26-14-25(53)21-54(26)36-17-28-27(15-32(36)46)42(59)55(43(28)60)35-6-7-39(57)51-41(35)58/h2-5,13,15-18,22-23,25-26,35H,6-12,14,19-21H2,1H3,(H,50,56)(H,47,48,49)(H,51,57,58)/b3-2+. The Labute approximate surface area is 354 Å². The van der Waals surface area contributed by atoms with Gasteiger partial charge in [0.2, 0.25) is 17.7 Å². The Morgan fingerprint density at radius 2 is 1.75 bits per heavy atom. The second-order valence-electron chi connectivity index (χ2n) is 16.1. The first kappa shape index (κ1) is 40.4. The number of imide groups is 2. The molecule has 5 aliphatic rings. The number of halogens is 3. The van der Waals surface area contributed by atoms with Crippen LogP contribution in [0.25, 0.3) is 10.9 Å². The summed E-state index contributed by atoms with van der Waals surface area (Å²) in [6.45, 7) is 4.71. The fourth-order valence-electron chi connectivity index (χ4n) is 9.29. The Bertz CT molecular complexity index is 2520. The molecule has 3 unspecified atom stereocenters. The number of carbonyl (C=O) groups is 5. The molecule has 3 N–H and O–H groups in total. The number of amides is 5. The van der Waals surface area contributed by atoms with Gasteiger partial charge in [0.15, 0.2) is 0 Å². The van der Waals surface area contributed by atoms with Crippen molar-refractivity contribution in [1.82, 2.24) is 30.0 Å². The van der Waals surface area contributed by atoms with Gasteiger partial charge in [-0.2, -0.15) is 0 Å². The molecule has 9 rings (SSSR count). The molecule has 3 aromatic carbocycles. The smallest absolute Gasteiger partial charge is 0.262 e. The molecule has 2 bridgehead atoms. The van der Waals surface area contributed by atoms with Crippen molar-refractivity contribution in [2.75, 3.05) is 61.9 Å². The van der Waals surface area contributed by atoms with E-state index in [1.54, 1.807) is 18.2 Å². The summed E-state index contributed by atoms with van der Waals surface area (Å²) < 4.78 is 34.9. The Morgan fingerprint density at radius 1 is 0.967 bits per heavy atom. The van der Waals surface area contributed by atoms with E-state index in [2.05, 4.69) is 35.7 Å². The molecular weight excluding hydrogens is 812 g/mol. The van der Waals surface area contributed by atoms with Crippen LogP contribution in [0.3, 0.4) is 0 Å². The zero-order valence-corrected chi connectivity index (χ0v) is 33.9. The number of rotatable bonds is 11. The Hall–Kier alpha value is -6.04. The highest BCUT2D eigenvalue weighted by Crippen LogP contribution is 2.40. The van der Waals surface area contributed by atoms with Crippen LogP contribution < -0.4 is 25.6 Å². The molecule has 15 nitrogen and oxygen atoms in total. The summed E-state index contributed by atoms with van der Waals surface area (Å²) in [5, 5.41) is 8.80. The number of methoxy groups -OCH3 is 1. The van der Waals surface area contributed by atoms with Crippen LogP contribution in [0.1, 0.15) is 52.8 Å². The van der Waals surface area contributed by atoms with E-state index >= 15 is 4.39 Å². The number of hydrogen-bond donors (Lipinski definition) is 3. The average Bonchev–Trinajstić information content (AvgIpc) is 3.90. The maximum Gasteiger partial charge on any atom is 0.262 e. The third kappa shape index (κ3) is 7.88. The second-order valence-corrected chi connectivity index (χ2v) is 16.5. The van der Waals surface area contributed by atoms with Crippen molar-refractivity contribution in [2.24, 2.45) is 5.92 Å². The number of benzene rings is 3. The molecule has 5 aliphatic heterocycles. The molecule has 316 valence electrons. The first-order chi connectivity index (χ1) is 29.4. The third-order valence-corrected chi connectivity index (χ3v) is 12.7. The van der Waals surface area contributed by atoms with E-state index < -0.39 is 41.3 Å². The summed E-state index contributed by atoms with van der Waals surface area (Å²) in [7, 11) is 1.51. The molecule has 0 radical (unpaired) electrons. The van der Waals surface area contributed by atoms with Crippen molar-refractivity contribution in [3.05, 3.63) is 88.7 Å². The summed E-state index contributed by atoms with van der Waals surface area (Å²) in [4.78, 5) is 80.1. The van der Waals surface area contributed by atoms with E-state index in [1.807, 2.05) is 11.0 Å². The number of ether oxygens (including phenoxy) is 1. The lowest BCUT2D eigenvalue weighted by atomic mass is 9.95. The molecule has 0 saturated carbocycles. The van der Waals surface area contributed by atoms with Crippen molar-refractivity contribution in [2.45, 2.75) is 50.2 Å². The topological polar surface area (TPSA) is 169 Å². The van der Waals surface area contributed by atoms with Crippen LogP contribution in [-0.2, 0) is 14.4 Å². The van der Waals surface area contributed by atoms with Crippen LogP contribution >= 0.6 is 11.6 Å². The summed E-state index contributed by atoms with van der Waals surface area (Å²) in [5.41, 5.74) is 1.84. The van der Waals surface area contributed by atoms with Crippen molar-refractivity contribution in [3.63, 3.8) is 0 Å². The molecule has 0 aliphatic carbocycles. The molecule has 5 amide bonds. The van der Waals surface area contributed by atoms with Crippen LogP contribution in [0, 0.1) is 17.6 Å². The van der Waals surface area contributed by atoms with Crippen LogP contribution in [0.2, 0.25) is 5.02 Å². The number of piperazine rings is 1. The summed E-state index contributed by atoms with van der Waals surface area (Å²) in [6.07, 6.45) is 7.68. The van der Waals surface area contributed by atoms with E-state index in [4.69, 9.17) is 16.3 Å². The quantitative estimate of drug-likeness (QED) is 0.138. The summed E-state index contributed by atoms with van der Waals surface area (Å²) in [5.74, 6) is -2.61. The first-order valence-corrected chi connectivity index (χ1v) is 20.6. The number of anilines is 4. The monoisotopic (exact) mass is 853 g/mol. The SMILES string of the molecule is COc1cc2ncnc(Nc3ccc(F)c(Cl)c3)c2cc1NC(=O)/C=C/CN1CCC(CN2CC3CC2CN3c2cc3c(cc2F)C(=O)N(C2CCC(=O)NC2=O)C3=O)CC1. The van der Waals surface area contributed by atoms with Gasteiger partial charge in [-0.05, 0) is 81.1 Å². The van der Waals surface area contributed by atoms with Crippen LogP contribution in [0.15, 0.2) is 60.9 Å². The highest BCUT2D eigenvalue weighted by molar-refractivity contribution is 6.31. The highest BCUT2D eigenvalue weighted by Gasteiger charge is 2.48. The van der Waals surface area contributed by atoms with Crippen molar-refractivity contribution >= 4 is 74.9 Å². The van der Waals surface area contributed by atoms with Gasteiger partial charge in [-0.1, -0.05) is 17.7 Å². The lowest BCUT2D eigenvalue weighted by Gasteiger charge is -2.39. The van der Waals surface area contributed by atoms with Crippen molar-refractivity contribution in [3.8, 4) is 5.75 Å². The maximum atomic E-state index is 15.6. The number of aromatic nitrogens is 2. The van der Waals surface area contributed by atoms with Crippen molar-refractivity contribution in [1.29, 1.82) is 0 Å². The summed E-state index contributed by atoms with van der Waals surface area (Å²) in [6, 6.07) is 9.44. The van der Waals surface area contributed by atoms with E-state index in [1.165, 1.54) is 37.7 Å². The minimum Gasteiger partial charge on any atom is -0.494 e. The normalized spacial score (nSPS) is 22.1. The number of fused-ring (bicyclic) bond motifs is 4. The molecule has 6 heterocycles. The lowest BCUT2D eigenvalue weighted by molar-refractivity contribution is -0.136. The fraction of sp³-hybridized carbons (Fsp3) is 0.372. The van der Waals surface area contributed by atoms with E-state index in [0.717, 1.165) is 56.4 Å². The van der Waals surface area contributed by atoms with Gasteiger partial charge in [0, 0.05) is 67.9 Å². The molecule has 61 heavy (non-hydrogen) atoms. The fourth-order valence-corrected chi connectivity index (χ4v) is 9.47. The molecule has 4 saturated heterocycles. The third-order valence-electron chi connectivity index (χ3n) is 12.4. The zero-order valence-electron chi connectivity index (χ0n) is 33.1. The van der Waals surface area contributed by atoms with E-state index in [-0.39, 0.29) is 52.7 Å². The number of carbonyl (C=O) groups excluding carboxylic acids is 5. The number of nitrogens with one attached hydrogen (secondary N) is 3. The van der Waals surface area contributed by atoms with Gasteiger partial charge in [-0.3, -0.25) is 44.0 Å². The van der Waals surface area contributed by atoms with Gasteiger partial charge in [-0.25, -0.2) is 18.7 Å². The molecule has 4 aromatic rings. The second kappa shape index (κ2) is 16.4. The lowest BCUT2D eigenvalue weighted by Crippen LogP contribution is -2.54. The minimum atomic E-state index is -1.11. The van der Waals surface area contributed by atoms with Gasteiger partial charge in [0.25, 0.3) is 11.8 Å². The molecule has 18 heteroatoms. The average molecular weight is 854 g/mol. The Kier molecular flexibility index (Phi) is 10.9. The first-order valence-electron chi connectivity index (χ1n) is 20.2. The predicted octanol–water partition coefficient (Wildman–Crippen LogP) is 4.88. The number of nitrogens with zero attached hydrogens (tertiary/aromatic N) is 6. The van der Waals surface area contributed by atoms with Gasteiger partial charge in [0.1, 0.15) is 35.6 Å². The van der Waals surface area contributed by atoms with Gasteiger partial charge >= 0.3 is 0 Å². The summed E-state index contributed by atoms with van der Waals surface area (Å²) >= 11 is 5.96. The van der Waals surface area contributed by atoms with Crippen LogP contribution in [-0.4, -0.2) is 119 Å². The molecule has 0 spiro atoms. The molecule has 3 atom stereocenters. The largest absolute Gasteiger partial charge is 0.494 e. The Balaban J connectivity index is 0.756.